The van der Waals surface area contributed by atoms with Gasteiger partial charge in [0.15, 0.2) is 0 Å². The number of nitrogens with zero attached hydrogens (tertiary/aromatic N) is 1. The molecule has 15 heavy (non-hydrogen) atoms. The van der Waals surface area contributed by atoms with Crippen LogP contribution in [0.4, 0.5) is 5.69 Å². The molecule has 1 aliphatic rings. The SMILES string of the molecule is [CH2]C(C)c1cc(C2CC2)ccc1[N+](=O)[O-]. The second-order valence-corrected chi connectivity index (χ2v) is 4.25. The van der Waals surface area contributed by atoms with E-state index >= 15 is 0 Å². The van der Waals surface area contributed by atoms with Crippen LogP contribution in [0.1, 0.15) is 42.7 Å². The number of hydrogen-bond acceptors (Lipinski definition) is 2. The van der Waals surface area contributed by atoms with Crippen molar-refractivity contribution in [3.8, 4) is 0 Å². The maximum Gasteiger partial charge on any atom is 0.272 e. The number of benzene rings is 1. The van der Waals surface area contributed by atoms with Crippen molar-refractivity contribution < 1.29 is 4.92 Å². The molecule has 0 saturated heterocycles. The molecular weight excluding hydrogens is 190 g/mol. The van der Waals surface area contributed by atoms with E-state index in [4.69, 9.17) is 0 Å². The second kappa shape index (κ2) is 3.65. The topological polar surface area (TPSA) is 43.1 Å². The minimum atomic E-state index is -0.326. The van der Waals surface area contributed by atoms with Gasteiger partial charge in [-0.2, -0.15) is 0 Å². The highest BCUT2D eigenvalue weighted by Gasteiger charge is 2.26. The van der Waals surface area contributed by atoms with Gasteiger partial charge < -0.3 is 0 Å². The molecule has 1 atom stereocenters. The molecule has 0 N–H and O–H groups in total. The van der Waals surface area contributed by atoms with Crippen LogP contribution in [0.5, 0.6) is 0 Å². The van der Waals surface area contributed by atoms with Crippen molar-refractivity contribution in [3.05, 3.63) is 46.4 Å². The van der Waals surface area contributed by atoms with E-state index in [1.165, 1.54) is 18.4 Å². The minimum absolute atomic E-state index is 0.0379. The van der Waals surface area contributed by atoms with Crippen LogP contribution in [0.3, 0.4) is 0 Å². The summed E-state index contributed by atoms with van der Waals surface area (Å²) in [6, 6.07) is 5.44. The van der Waals surface area contributed by atoms with Gasteiger partial charge in [0, 0.05) is 11.6 Å². The summed E-state index contributed by atoms with van der Waals surface area (Å²) < 4.78 is 0. The molecule has 0 spiro atoms. The molecule has 1 fully saturated rings. The maximum atomic E-state index is 10.8. The average Bonchev–Trinajstić information content (AvgIpc) is 2.99. The van der Waals surface area contributed by atoms with Crippen LogP contribution in [0, 0.1) is 17.0 Å². The Morgan fingerprint density at radius 3 is 2.67 bits per heavy atom. The van der Waals surface area contributed by atoms with E-state index in [-0.39, 0.29) is 16.5 Å². The Hall–Kier alpha value is -1.38. The molecule has 1 unspecified atom stereocenters. The zero-order chi connectivity index (χ0) is 11.0. The van der Waals surface area contributed by atoms with E-state index in [1.807, 2.05) is 19.1 Å². The predicted molar refractivity (Wildman–Crippen MR) is 58.8 cm³/mol. The van der Waals surface area contributed by atoms with Crippen LogP contribution in [-0.2, 0) is 0 Å². The summed E-state index contributed by atoms with van der Waals surface area (Å²) >= 11 is 0. The predicted octanol–water partition coefficient (Wildman–Crippen LogP) is 3.41. The summed E-state index contributed by atoms with van der Waals surface area (Å²) in [6.45, 7) is 5.76. The van der Waals surface area contributed by atoms with E-state index in [1.54, 1.807) is 6.07 Å². The first-order valence-electron chi connectivity index (χ1n) is 5.21. The molecule has 1 radical (unpaired) electrons. The van der Waals surface area contributed by atoms with Gasteiger partial charge in [0.1, 0.15) is 0 Å². The van der Waals surface area contributed by atoms with Crippen molar-refractivity contribution in [2.45, 2.75) is 31.6 Å². The molecule has 1 aromatic rings. The molecule has 3 heteroatoms. The molecule has 0 amide bonds. The smallest absolute Gasteiger partial charge is 0.258 e. The molecule has 79 valence electrons. The highest BCUT2D eigenvalue weighted by atomic mass is 16.6. The molecule has 2 rings (SSSR count). The van der Waals surface area contributed by atoms with Crippen LogP contribution in [0.2, 0.25) is 0 Å². The van der Waals surface area contributed by atoms with E-state index in [0.717, 1.165) is 5.56 Å². The van der Waals surface area contributed by atoms with E-state index < -0.39 is 0 Å². The van der Waals surface area contributed by atoms with Crippen molar-refractivity contribution in [3.63, 3.8) is 0 Å². The lowest BCUT2D eigenvalue weighted by Gasteiger charge is -2.08. The fraction of sp³-hybridized carbons (Fsp3) is 0.417. The summed E-state index contributed by atoms with van der Waals surface area (Å²) in [4.78, 5) is 10.5. The summed E-state index contributed by atoms with van der Waals surface area (Å²) in [5, 5.41) is 10.8. The van der Waals surface area contributed by atoms with Crippen molar-refractivity contribution in [2.75, 3.05) is 0 Å². The third-order valence-corrected chi connectivity index (χ3v) is 2.83. The maximum absolute atomic E-state index is 10.8. The zero-order valence-corrected chi connectivity index (χ0v) is 8.77. The highest BCUT2D eigenvalue weighted by molar-refractivity contribution is 5.46. The monoisotopic (exact) mass is 204 g/mol. The van der Waals surface area contributed by atoms with Gasteiger partial charge in [-0.25, -0.2) is 0 Å². The Labute approximate surface area is 89.3 Å². The molecule has 1 aliphatic carbocycles. The van der Waals surface area contributed by atoms with Crippen molar-refractivity contribution in [2.24, 2.45) is 0 Å². The van der Waals surface area contributed by atoms with Crippen LogP contribution in [0.25, 0.3) is 0 Å². The first kappa shape index (κ1) is 10.1. The van der Waals surface area contributed by atoms with Crippen molar-refractivity contribution >= 4 is 5.69 Å². The fourth-order valence-electron chi connectivity index (χ4n) is 1.80. The van der Waals surface area contributed by atoms with Gasteiger partial charge in [0.25, 0.3) is 5.69 Å². The number of nitro groups is 1. The molecule has 0 bridgehead atoms. The van der Waals surface area contributed by atoms with Crippen LogP contribution in [-0.4, -0.2) is 4.92 Å². The Kier molecular flexibility index (Phi) is 2.47. The van der Waals surface area contributed by atoms with E-state index in [0.29, 0.717) is 5.92 Å². The largest absolute Gasteiger partial charge is 0.272 e. The Morgan fingerprint density at radius 1 is 1.53 bits per heavy atom. The van der Waals surface area contributed by atoms with E-state index in [9.17, 15) is 10.1 Å². The third kappa shape index (κ3) is 2.01. The lowest BCUT2D eigenvalue weighted by Crippen LogP contribution is -1.98. The summed E-state index contributed by atoms with van der Waals surface area (Å²) in [5.41, 5.74) is 2.18. The van der Waals surface area contributed by atoms with Gasteiger partial charge in [-0.15, -0.1) is 0 Å². The minimum Gasteiger partial charge on any atom is -0.258 e. The molecule has 1 saturated carbocycles. The van der Waals surface area contributed by atoms with Gasteiger partial charge in [0.2, 0.25) is 0 Å². The average molecular weight is 204 g/mol. The summed E-state index contributed by atoms with van der Waals surface area (Å²) in [5.74, 6) is 0.590. The molecular formula is C12H14NO2. The van der Waals surface area contributed by atoms with Crippen molar-refractivity contribution in [1.29, 1.82) is 0 Å². The van der Waals surface area contributed by atoms with Gasteiger partial charge in [0.05, 0.1) is 4.92 Å². The van der Waals surface area contributed by atoms with Crippen LogP contribution >= 0.6 is 0 Å². The van der Waals surface area contributed by atoms with Gasteiger partial charge in [-0.3, -0.25) is 10.1 Å². The lowest BCUT2D eigenvalue weighted by atomic mass is 9.97. The Bertz CT molecular complexity index is 395. The van der Waals surface area contributed by atoms with Gasteiger partial charge >= 0.3 is 0 Å². The molecule has 0 heterocycles. The molecule has 3 nitrogen and oxygen atoms in total. The first-order valence-corrected chi connectivity index (χ1v) is 5.21. The standard InChI is InChI=1S/C12H14NO2/c1-8(2)11-7-10(9-3-4-9)5-6-12(11)13(14)15/h5-9H,1,3-4H2,2H3. The fourth-order valence-corrected chi connectivity index (χ4v) is 1.80. The van der Waals surface area contributed by atoms with Gasteiger partial charge in [-0.1, -0.05) is 13.0 Å². The third-order valence-electron chi connectivity index (χ3n) is 2.83. The normalized spacial score (nSPS) is 15.7. The number of rotatable bonds is 3. The van der Waals surface area contributed by atoms with Gasteiger partial charge in [-0.05, 0) is 43.2 Å². The highest BCUT2D eigenvalue weighted by Crippen LogP contribution is 2.42. The first-order chi connectivity index (χ1) is 7.09. The number of hydrogen-bond donors (Lipinski definition) is 0. The zero-order valence-electron chi connectivity index (χ0n) is 8.77. The van der Waals surface area contributed by atoms with Crippen molar-refractivity contribution in [1.82, 2.24) is 0 Å². The quantitative estimate of drug-likeness (QED) is 0.559. The number of nitro benzene ring substituents is 1. The van der Waals surface area contributed by atoms with Crippen LogP contribution in [0.15, 0.2) is 18.2 Å². The Morgan fingerprint density at radius 2 is 2.20 bits per heavy atom. The molecule has 0 aromatic heterocycles. The Balaban J connectivity index is 2.43. The van der Waals surface area contributed by atoms with E-state index in [2.05, 4.69) is 6.92 Å². The summed E-state index contributed by atoms with van der Waals surface area (Å²) in [6.07, 6.45) is 2.42. The second-order valence-electron chi connectivity index (χ2n) is 4.25. The van der Waals surface area contributed by atoms with Crippen LogP contribution < -0.4 is 0 Å². The summed E-state index contributed by atoms with van der Waals surface area (Å²) in [7, 11) is 0. The molecule has 1 aromatic carbocycles. The lowest BCUT2D eigenvalue weighted by molar-refractivity contribution is -0.385. The molecule has 0 aliphatic heterocycles.